The SMILES string of the molecule is CCCc1[nH]nc(C(=O)N(C)Cc2ccccc2Cl)c1N. The second-order valence-corrected chi connectivity index (χ2v) is 5.37. The van der Waals surface area contributed by atoms with Crippen LogP contribution in [0.25, 0.3) is 0 Å². The lowest BCUT2D eigenvalue weighted by Crippen LogP contribution is -2.27. The van der Waals surface area contributed by atoms with Crippen LogP contribution < -0.4 is 5.73 Å². The predicted octanol–water partition coefficient (Wildman–Crippen LogP) is 2.87. The number of hydrogen-bond acceptors (Lipinski definition) is 3. The molecule has 2 rings (SSSR count). The molecule has 6 heteroatoms. The molecule has 0 aliphatic heterocycles. The molecule has 0 spiro atoms. The van der Waals surface area contributed by atoms with Gasteiger partial charge >= 0.3 is 0 Å². The van der Waals surface area contributed by atoms with E-state index in [1.54, 1.807) is 18.0 Å². The van der Waals surface area contributed by atoms with Crippen molar-refractivity contribution in [3.8, 4) is 0 Å². The molecule has 112 valence electrons. The third-order valence-corrected chi connectivity index (χ3v) is 3.67. The first-order valence-electron chi connectivity index (χ1n) is 6.86. The Balaban J connectivity index is 2.14. The highest BCUT2D eigenvalue weighted by molar-refractivity contribution is 6.31. The van der Waals surface area contributed by atoms with Crippen molar-refractivity contribution in [2.75, 3.05) is 12.8 Å². The second-order valence-electron chi connectivity index (χ2n) is 4.97. The van der Waals surface area contributed by atoms with Gasteiger partial charge in [0.15, 0.2) is 5.69 Å². The third-order valence-electron chi connectivity index (χ3n) is 3.30. The number of carbonyl (C=O) groups is 1. The number of carbonyl (C=O) groups excluding carboxylic acids is 1. The van der Waals surface area contributed by atoms with Crippen LogP contribution in [-0.4, -0.2) is 28.1 Å². The molecule has 0 unspecified atom stereocenters. The van der Waals surface area contributed by atoms with Crippen molar-refractivity contribution in [1.29, 1.82) is 0 Å². The predicted molar refractivity (Wildman–Crippen MR) is 84.2 cm³/mol. The van der Waals surface area contributed by atoms with E-state index in [0.29, 0.717) is 17.3 Å². The Labute approximate surface area is 129 Å². The molecular weight excluding hydrogens is 288 g/mol. The Morgan fingerprint density at radius 2 is 2.14 bits per heavy atom. The molecule has 1 aromatic heterocycles. The molecule has 0 saturated heterocycles. The van der Waals surface area contributed by atoms with Gasteiger partial charge in [-0.1, -0.05) is 43.1 Å². The fourth-order valence-corrected chi connectivity index (χ4v) is 2.32. The topological polar surface area (TPSA) is 75.0 Å². The minimum atomic E-state index is -0.217. The summed E-state index contributed by atoms with van der Waals surface area (Å²) in [5.74, 6) is -0.217. The van der Waals surface area contributed by atoms with Crippen LogP contribution >= 0.6 is 11.6 Å². The van der Waals surface area contributed by atoms with Gasteiger partial charge in [-0.25, -0.2) is 0 Å². The molecule has 1 heterocycles. The molecule has 21 heavy (non-hydrogen) atoms. The third kappa shape index (κ3) is 3.36. The van der Waals surface area contributed by atoms with Crippen LogP contribution in [0.3, 0.4) is 0 Å². The number of nitrogen functional groups attached to an aromatic ring is 1. The number of rotatable bonds is 5. The molecule has 0 bridgehead atoms. The molecule has 1 aromatic carbocycles. The summed E-state index contributed by atoms with van der Waals surface area (Å²) in [6.07, 6.45) is 1.72. The maximum absolute atomic E-state index is 12.4. The Morgan fingerprint density at radius 3 is 2.81 bits per heavy atom. The molecule has 1 amide bonds. The minimum absolute atomic E-state index is 0.217. The van der Waals surface area contributed by atoms with Gasteiger partial charge < -0.3 is 10.6 Å². The fraction of sp³-hybridized carbons (Fsp3) is 0.333. The van der Waals surface area contributed by atoms with Gasteiger partial charge in [0, 0.05) is 18.6 Å². The second kappa shape index (κ2) is 6.63. The monoisotopic (exact) mass is 306 g/mol. The number of amides is 1. The number of aromatic amines is 1. The largest absolute Gasteiger partial charge is 0.395 e. The molecule has 3 N–H and O–H groups in total. The van der Waals surface area contributed by atoms with Gasteiger partial charge in [0.25, 0.3) is 5.91 Å². The zero-order chi connectivity index (χ0) is 15.4. The number of aryl methyl sites for hydroxylation is 1. The van der Waals surface area contributed by atoms with Crippen LogP contribution in [0, 0.1) is 0 Å². The maximum atomic E-state index is 12.4. The van der Waals surface area contributed by atoms with E-state index in [1.807, 2.05) is 25.1 Å². The van der Waals surface area contributed by atoms with E-state index in [4.69, 9.17) is 17.3 Å². The lowest BCUT2D eigenvalue weighted by molar-refractivity contribution is 0.0780. The van der Waals surface area contributed by atoms with Crippen LogP contribution in [-0.2, 0) is 13.0 Å². The Kier molecular flexibility index (Phi) is 4.85. The molecule has 0 fully saturated rings. The number of benzene rings is 1. The molecule has 0 saturated carbocycles. The van der Waals surface area contributed by atoms with E-state index in [-0.39, 0.29) is 11.6 Å². The first kappa shape index (κ1) is 15.4. The summed E-state index contributed by atoms with van der Waals surface area (Å²) < 4.78 is 0. The molecule has 0 aliphatic carbocycles. The first-order valence-corrected chi connectivity index (χ1v) is 7.24. The summed E-state index contributed by atoms with van der Waals surface area (Å²) in [6, 6.07) is 7.44. The van der Waals surface area contributed by atoms with Gasteiger partial charge in [-0.3, -0.25) is 9.89 Å². The van der Waals surface area contributed by atoms with E-state index in [9.17, 15) is 4.79 Å². The van der Waals surface area contributed by atoms with E-state index >= 15 is 0 Å². The van der Waals surface area contributed by atoms with Crippen LogP contribution in [0.15, 0.2) is 24.3 Å². The van der Waals surface area contributed by atoms with Crippen LogP contribution in [0.2, 0.25) is 5.02 Å². The van der Waals surface area contributed by atoms with Crippen LogP contribution in [0.4, 0.5) is 5.69 Å². The average molecular weight is 307 g/mol. The van der Waals surface area contributed by atoms with Crippen molar-refractivity contribution < 1.29 is 4.79 Å². The fourth-order valence-electron chi connectivity index (χ4n) is 2.13. The first-order chi connectivity index (χ1) is 10.0. The summed E-state index contributed by atoms with van der Waals surface area (Å²) in [5, 5.41) is 7.52. The van der Waals surface area contributed by atoms with Gasteiger partial charge in [0.1, 0.15) is 0 Å². The molecule has 2 aromatic rings. The number of nitrogens with two attached hydrogens (primary N) is 1. The zero-order valence-corrected chi connectivity index (χ0v) is 12.9. The molecule has 0 atom stereocenters. The molecular formula is C15H19ClN4O. The lowest BCUT2D eigenvalue weighted by atomic mass is 10.2. The van der Waals surface area contributed by atoms with Crippen molar-refractivity contribution in [3.05, 3.63) is 46.2 Å². The molecule has 0 radical (unpaired) electrons. The lowest BCUT2D eigenvalue weighted by Gasteiger charge is -2.17. The van der Waals surface area contributed by atoms with E-state index < -0.39 is 0 Å². The standard InChI is InChI=1S/C15H19ClN4O/c1-3-6-12-13(17)14(19-18-12)15(21)20(2)9-10-7-4-5-8-11(10)16/h4-5,7-8H,3,6,9,17H2,1-2H3,(H,18,19). The van der Waals surface area contributed by atoms with Crippen molar-refractivity contribution in [1.82, 2.24) is 15.1 Å². The van der Waals surface area contributed by atoms with Crippen molar-refractivity contribution in [2.24, 2.45) is 0 Å². The quantitative estimate of drug-likeness (QED) is 0.892. The van der Waals surface area contributed by atoms with Crippen LogP contribution in [0.1, 0.15) is 35.1 Å². The van der Waals surface area contributed by atoms with Gasteiger partial charge in [-0.05, 0) is 18.1 Å². The molecule has 0 aliphatic rings. The van der Waals surface area contributed by atoms with E-state index in [2.05, 4.69) is 10.2 Å². The number of anilines is 1. The number of aromatic nitrogens is 2. The summed E-state index contributed by atoms with van der Waals surface area (Å²) in [6.45, 7) is 2.46. The minimum Gasteiger partial charge on any atom is -0.395 e. The Bertz CT molecular complexity index is 638. The Hall–Kier alpha value is -2.01. The van der Waals surface area contributed by atoms with Crippen LogP contribution in [0.5, 0.6) is 0 Å². The summed E-state index contributed by atoms with van der Waals surface area (Å²) in [5.41, 5.74) is 8.39. The van der Waals surface area contributed by atoms with Crippen molar-refractivity contribution in [3.63, 3.8) is 0 Å². The number of hydrogen-bond donors (Lipinski definition) is 2. The smallest absolute Gasteiger partial charge is 0.276 e. The number of nitrogens with one attached hydrogen (secondary N) is 1. The Morgan fingerprint density at radius 1 is 1.43 bits per heavy atom. The van der Waals surface area contributed by atoms with Crippen molar-refractivity contribution in [2.45, 2.75) is 26.3 Å². The summed E-state index contributed by atoms with van der Waals surface area (Å²) in [4.78, 5) is 14.0. The highest BCUT2D eigenvalue weighted by Crippen LogP contribution is 2.20. The van der Waals surface area contributed by atoms with Gasteiger partial charge in [-0.15, -0.1) is 0 Å². The van der Waals surface area contributed by atoms with E-state index in [0.717, 1.165) is 24.1 Å². The average Bonchev–Trinajstić information content (AvgIpc) is 2.82. The number of nitrogens with zero attached hydrogens (tertiary/aromatic N) is 2. The summed E-state index contributed by atoms with van der Waals surface area (Å²) in [7, 11) is 1.71. The zero-order valence-electron chi connectivity index (χ0n) is 12.2. The normalized spacial score (nSPS) is 10.6. The molecule has 5 nitrogen and oxygen atoms in total. The van der Waals surface area contributed by atoms with Gasteiger partial charge in [-0.2, -0.15) is 5.10 Å². The van der Waals surface area contributed by atoms with E-state index in [1.165, 1.54) is 0 Å². The van der Waals surface area contributed by atoms with Crippen molar-refractivity contribution >= 4 is 23.2 Å². The number of halogens is 1. The van der Waals surface area contributed by atoms with Gasteiger partial charge in [0.2, 0.25) is 0 Å². The highest BCUT2D eigenvalue weighted by Gasteiger charge is 2.20. The van der Waals surface area contributed by atoms with Gasteiger partial charge in [0.05, 0.1) is 11.4 Å². The number of H-pyrrole nitrogens is 1. The highest BCUT2D eigenvalue weighted by atomic mass is 35.5. The maximum Gasteiger partial charge on any atom is 0.276 e. The summed E-state index contributed by atoms with van der Waals surface area (Å²) >= 11 is 6.11.